The molecule has 1 aliphatic carbocycles. The molecule has 0 aromatic heterocycles. The summed E-state index contributed by atoms with van der Waals surface area (Å²) in [5.74, 6) is 0. The van der Waals surface area contributed by atoms with Crippen molar-refractivity contribution in [3.8, 4) is 11.1 Å². The lowest BCUT2D eigenvalue weighted by Gasteiger charge is -2.37. The lowest BCUT2D eigenvalue weighted by atomic mass is 9.64. The van der Waals surface area contributed by atoms with Gasteiger partial charge in [0.05, 0.1) is 5.41 Å². The molecule has 4 aromatic rings. The second-order valence-corrected chi connectivity index (χ2v) is 8.75. The van der Waals surface area contributed by atoms with E-state index in [-0.39, 0.29) is 0 Å². The van der Waals surface area contributed by atoms with Gasteiger partial charge in [-0.05, 0) is 95.5 Å². The molecule has 0 aliphatic heterocycles. The SMILES string of the molecule is Cc1c(N)ccc(C2(c3ccc(N)c(C)c3C)c3ccccc3-c3ccccc32)c1C. The molecule has 0 heterocycles. The van der Waals surface area contributed by atoms with Gasteiger partial charge >= 0.3 is 0 Å². The van der Waals surface area contributed by atoms with Gasteiger partial charge in [0.25, 0.3) is 0 Å². The van der Waals surface area contributed by atoms with E-state index in [4.69, 9.17) is 11.5 Å². The number of nitrogen functional groups attached to an aromatic ring is 2. The average molecular weight is 405 g/mol. The minimum absolute atomic E-state index is 0.418. The number of hydrogen-bond acceptors (Lipinski definition) is 2. The van der Waals surface area contributed by atoms with E-state index in [2.05, 4.69) is 100 Å². The van der Waals surface area contributed by atoms with Crippen LogP contribution in [0.4, 0.5) is 11.4 Å². The fourth-order valence-electron chi connectivity index (χ4n) is 5.46. The van der Waals surface area contributed by atoms with Gasteiger partial charge in [-0.15, -0.1) is 0 Å². The van der Waals surface area contributed by atoms with Crippen LogP contribution in [0.3, 0.4) is 0 Å². The minimum atomic E-state index is -0.418. The molecule has 4 N–H and O–H groups in total. The van der Waals surface area contributed by atoms with E-state index >= 15 is 0 Å². The lowest BCUT2D eigenvalue weighted by molar-refractivity contribution is 0.751. The summed E-state index contributed by atoms with van der Waals surface area (Å²) in [5.41, 5.74) is 26.4. The van der Waals surface area contributed by atoms with Gasteiger partial charge in [-0.2, -0.15) is 0 Å². The molecule has 154 valence electrons. The lowest BCUT2D eigenvalue weighted by Crippen LogP contribution is -2.31. The Hall–Kier alpha value is -3.52. The summed E-state index contributed by atoms with van der Waals surface area (Å²) in [5, 5.41) is 0. The van der Waals surface area contributed by atoms with Crippen LogP contribution >= 0.6 is 0 Å². The summed E-state index contributed by atoms with van der Waals surface area (Å²) < 4.78 is 0. The Labute approximate surface area is 184 Å². The monoisotopic (exact) mass is 404 g/mol. The molecular formula is C29H28N2. The molecule has 0 bridgehead atoms. The maximum Gasteiger partial charge on any atom is 0.0718 e. The first-order chi connectivity index (χ1) is 14.9. The van der Waals surface area contributed by atoms with E-state index < -0.39 is 5.41 Å². The Morgan fingerprint density at radius 2 is 0.839 bits per heavy atom. The second-order valence-electron chi connectivity index (χ2n) is 8.75. The van der Waals surface area contributed by atoms with Crippen LogP contribution in [0.5, 0.6) is 0 Å². The van der Waals surface area contributed by atoms with E-state index in [1.165, 1.54) is 44.5 Å². The number of benzene rings is 4. The molecule has 0 saturated heterocycles. The molecule has 1 aliphatic rings. The fraction of sp³-hybridized carbons (Fsp3) is 0.172. The molecule has 2 heteroatoms. The Balaban J connectivity index is 2.04. The number of rotatable bonds is 2. The molecule has 0 unspecified atom stereocenters. The first kappa shape index (κ1) is 19.4. The van der Waals surface area contributed by atoms with Crippen LogP contribution in [-0.2, 0) is 5.41 Å². The second kappa shape index (κ2) is 6.75. The quantitative estimate of drug-likeness (QED) is 0.332. The Morgan fingerprint density at radius 3 is 1.26 bits per heavy atom. The van der Waals surface area contributed by atoms with Crippen LogP contribution in [0, 0.1) is 27.7 Å². The minimum Gasteiger partial charge on any atom is -0.399 e. The van der Waals surface area contributed by atoms with Gasteiger partial charge in [-0.25, -0.2) is 0 Å². The predicted octanol–water partition coefficient (Wildman–Crippen LogP) is 6.45. The molecule has 4 aromatic carbocycles. The molecule has 0 saturated carbocycles. The van der Waals surface area contributed by atoms with E-state index in [0.717, 1.165) is 22.5 Å². The van der Waals surface area contributed by atoms with Crippen molar-refractivity contribution in [1.82, 2.24) is 0 Å². The van der Waals surface area contributed by atoms with E-state index in [1.807, 2.05) is 0 Å². The highest BCUT2D eigenvalue weighted by molar-refractivity contribution is 5.87. The highest BCUT2D eigenvalue weighted by Crippen LogP contribution is 2.57. The normalized spacial score (nSPS) is 13.7. The standard InChI is InChI=1S/C29H28N2/c1-17-19(3)27(30)15-13-23(17)29(24-14-16-28(31)20(4)18(24)2)25-11-7-5-9-21(25)22-10-6-8-12-26(22)29/h5-16H,30-31H2,1-4H3. The van der Waals surface area contributed by atoms with Gasteiger partial charge in [-0.1, -0.05) is 60.7 Å². The topological polar surface area (TPSA) is 52.0 Å². The van der Waals surface area contributed by atoms with Gasteiger partial charge in [-0.3, -0.25) is 0 Å². The summed E-state index contributed by atoms with van der Waals surface area (Å²) in [6.45, 7) is 8.64. The van der Waals surface area contributed by atoms with Crippen LogP contribution < -0.4 is 11.5 Å². The van der Waals surface area contributed by atoms with Crippen molar-refractivity contribution in [3.05, 3.63) is 117 Å². The average Bonchev–Trinajstić information content (AvgIpc) is 3.07. The third kappa shape index (κ3) is 2.45. The third-order valence-electron chi connectivity index (χ3n) is 7.42. The zero-order valence-corrected chi connectivity index (χ0v) is 18.6. The molecule has 31 heavy (non-hydrogen) atoms. The van der Waals surface area contributed by atoms with E-state index in [1.54, 1.807) is 0 Å². The molecule has 0 fully saturated rings. The van der Waals surface area contributed by atoms with Gasteiger partial charge in [0, 0.05) is 11.4 Å². The molecule has 0 amide bonds. The Bertz CT molecular complexity index is 1240. The van der Waals surface area contributed by atoms with Crippen molar-refractivity contribution < 1.29 is 0 Å². The van der Waals surface area contributed by atoms with Gasteiger partial charge in [0.15, 0.2) is 0 Å². The summed E-state index contributed by atoms with van der Waals surface area (Å²) in [6, 6.07) is 26.2. The van der Waals surface area contributed by atoms with E-state index in [9.17, 15) is 0 Å². The third-order valence-corrected chi connectivity index (χ3v) is 7.42. The van der Waals surface area contributed by atoms with Crippen molar-refractivity contribution >= 4 is 11.4 Å². The largest absolute Gasteiger partial charge is 0.399 e. The maximum atomic E-state index is 6.32. The van der Waals surface area contributed by atoms with Crippen molar-refractivity contribution in [1.29, 1.82) is 0 Å². The van der Waals surface area contributed by atoms with Crippen LogP contribution in [-0.4, -0.2) is 0 Å². The molecule has 2 nitrogen and oxygen atoms in total. The van der Waals surface area contributed by atoms with Gasteiger partial charge < -0.3 is 11.5 Å². The molecule has 0 radical (unpaired) electrons. The zero-order chi connectivity index (χ0) is 21.9. The summed E-state index contributed by atoms with van der Waals surface area (Å²) in [4.78, 5) is 0. The highest BCUT2D eigenvalue weighted by atomic mass is 14.6. The smallest absolute Gasteiger partial charge is 0.0718 e. The molecule has 0 spiro atoms. The summed E-state index contributed by atoms with van der Waals surface area (Å²) in [7, 11) is 0. The number of nitrogens with two attached hydrogens (primary N) is 2. The van der Waals surface area contributed by atoms with Crippen LogP contribution in [0.1, 0.15) is 44.5 Å². The number of hydrogen-bond donors (Lipinski definition) is 2. The van der Waals surface area contributed by atoms with E-state index in [0.29, 0.717) is 0 Å². The first-order valence-corrected chi connectivity index (χ1v) is 10.8. The molecule has 0 atom stereocenters. The summed E-state index contributed by atoms with van der Waals surface area (Å²) >= 11 is 0. The van der Waals surface area contributed by atoms with Crippen molar-refractivity contribution in [2.75, 3.05) is 11.5 Å². The molecular weight excluding hydrogens is 376 g/mol. The van der Waals surface area contributed by atoms with Gasteiger partial charge in [0.2, 0.25) is 0 Å². The predicted molar refractivity (Wildman–Crippen MR) is 132 cm³/mol. The van der Waals surface area contributed by atoms with Crippen LogP contribution in [0.2, 0.25) is 0 Å². The molecule has 5 rings (SSSR count). The number of anilines is 2. The van der Waals surface area contributed by atoms with Crippen LogP contribution in [0.15, 0.2) is 72.8 Å². The van der Waals surface area contributed by atoms with Crippen molar-refractivity contribution in [2.24, 2.45) is 0 Å². The Kier molecular flexibility index (Phi) is 4.23. The fourth-order valence-corrected chi connectivity index (χ4v) is 5.46. The van der Waals surface area contributed by atoms with Crippen molar-refractivity contribution in [3.63, 3.8) is 0 Å². The van der Waals surface area contributed by atoms with Gasteiger partial charge in [0.1, 0.15) is 0 Å². The summed E-state index contributed by atoms with van der Waals surface area (Å²) in [6.07, 6.45) is 0. The maximum absolute atomic E-state index is 6.32. The van der Waals surface area contributed by atoms with Crippen molar-refractivity contribution in [2.45, 2.75) is 33.1 Å². The number of fused-ring (bicyclic) bond motifs is 3. The first-order valence-electron chi connectivity index (χ1n) is 10.8. The zero-order valence-electron chi connectivity index (χ0n) is 18.6. The highest BCUT2D eigenvalue weighted by Gasteiger charge is 2.47. The Morgan fingerprint density at radius 1 is 0.452 bits per heavy atom. The van der Waals surface area contributed by atoms with Crippen LogP contribution in [0.25, 0.3) is 11.1 Å².